The summed E-state index contributed by atoms with van der Waals surface area (Å²) in [5, 5.41) is 6.47. The molecule has 2 N–H and O–H groups in total. The van der Waals surface area contributed by atoms with Crippen molar-refractivity contribution in [1.82, 2.24) is 24.4 Å². The lowest BCUT2D eigenvalue weighted by atomic mass is 10.3. The number of fused-ring (bicyclic) bond motifs is 1. The molecule has 3 aromatic rings. The number of hydrogen-bond donors (Lipinski definition) is 2. The summed E-state index contributed by atoms with van der Waals surface area (Å²) in [4.78, 5) is 16.2. The Balaban J connectivity index is 1.44. The van der Waals surface area contributed by atoms with E-state index in [2.05, 4.69) is 25.5 Å². The molecule has 0 spiro atoms. The molecule has 0 saturated carbocycles. The highest BCUT2D eigenvalue weighted by Gasteiger charge is 2.17. The Bertz CT molecular complexity index is 1200. The maximum atomic E-state index is 14.6. The summed E-state index contributed by atoms with van der Waals surface area (Å²) >= 11 is 0. The SMILES string of the molecule is FC1=C(Nc2nc3cnc(NCCN4CCOCC4)nc3n2-c2ccccc2)C=CC=CC1. The van der Waals surface area contributed by atoms with Crippen LogP contribution >= 0.6 is 0 Å². The second-order valence-electron chi connectivity index (χ2n) is 7.82. The highest BCUT2D eigenvalue weighted by Crippen LogP contribution is 2.26. The van der Waals surface area contributed by atoms with Crippen molar-refractivity contribution in [2.45, 2.75) is 6.42 Å². The maximum absolute atomic E-state index is 14.6. The number of ether oxygens (including phenoxy) is 1. The standard InChI is InChI=1S/C24H26FN7O/c25-19-9-5-2-6-10-20(19)28-24-29-21-17-27-23(26-11-12-31-13-15-33-16-14-31)30-22(21)32(24)18-7-3-1-4-8-18/h1-8,10,17H,9,11-16H2,(H,28,29)(H,26,27,30). The van der Waals surface area contributed by atoms with Crippen LogP contribution < -0.4 is 10.6 Å². The van der Waals surface area contributed by atoms with Crippen molar-refractivity contribution < 1.29 is 9.13 Å². The van der Waals surface area contributed by atoms with Crippen LogP contribution in [0.4, 0.5) is 16.3 Å². The van der Waals surface area contributed by atoms with Gasteiger partial charge < -0.3 is 15.4 Å². The predicted molar refractivity (Wildman–Crippen MR) is 127 cm³/mol. The Kier molecular flexibility index (Phi) is 6.41. The van der Waals surface area contributed by atoms with Gasteiger partial charge in [0, 0.05) is 32.6 Å². The molecule has 1 fully saturated rings. The smallest absolute Gasteiger partial charge is 0.224 e. The van der Waals surface area contributed by atoms with Crippen LogP contribution in [0.15, 0.2) is 72.4 Å². The van der Waals surface area contributed by atoms with Crippen molar-refractivity contribution in [2.75, 3.05) is 50.0 Å². The van der Waals surface area contributed by atoms with Gasteiger partial charge in [-0.1, -0.05) is 36.4 Å². The second-order valence-corrected chi connectivity index (χ2v) is 7.82. The lowest BCUT2D eigenvalue weighted by molar-refractivity contribution is 0.0398. The van der Waals surface area contributed by atoms with Gasteiger partial charge >= 0.3 is 0 Å². The zero-order valence-corrected chi connectivity index (χ0v) is 18.2. The number of nitrogens with zero attached hydrogens (tertiary/aromatic N) is 5. The van der Waals surface area contributed by atoms with Crippen molar-refractivity contribution in [3.8, 4) is 5.69 Å². The molecule has 3 heterocycles. The number of rotatable bonds is 7. The van der Waals surface area contributed by atoms with Gasteiger partial charge in [0.1, 0.15) is 11.3 Å². The van der Waals surface area contributed by atoms with E-state index in [1.165, 1.54) is 0 Å². The van der Waals surface area contributed by atoms with Crippen molar-refractivity contribution in [2.24, 2.45) is 0 Å². The average Bonchev–Trinajstić information content (AvgIpc) is 3.08. The predicted octanol–water partition coefficient (Wildman–Crippen LogP) is 3.67. The highest BCUT2D eigenvalue weighted by molar-refractivity contribution is 5.78. The van der Waals surface area contributed by atoms with E-state index in [1.807, 2.05) is 41.0 Å². The molecule has 0 amide bonds. The van der Waals surface area contributed by atoms with Gasteiger partial charge in [-0.3, -0.25) is 9.47 Å². The van der Waals surface area contributed by atoms with Gasteiger partial charge in [0.05, 0.1) is 30.8 Å². The topological polar surface area (TPSA) is 80.1 Å². The number of nitrogens with one attached hydrogen (secondary N) is 2. The Labute approximate surface area is 191 Å². The van der Waals surface area contributed by atoms with Crippen molar-refractivity contribution in [3.05, 3.63) is 72.4 Å². The summed E-state index contributed by atoms with van der Waals surface area (Å²) in [7, 11) is 0. The summed E-state index contributed by atoms with van der Waals surface area (Å²) in [5.74, 6) is 0.763. The van der Waals surface area contributed by atoms with E-state index in [4.69, 9.17) is 9.72 Å². The maximum Gasteiger partial charge on any atom is 0.224 e. The average molecular weight is 448 g/mol. The van der Waals surface area contributed by atoms with E-state index in [0.29, 0.717) is 28.8 Å². The third kappa shape index (κ3) is 4.94. The Morgan fingerprint density at radius 2 is 1.91 bits per heavy atom. The van der Waals surface area contributed by atoms with Crippen molar-refractivity contribution in [1.29, 1.82) is 0 Å². The van der Waals surface area contributed by atoms with Crippen molar-refractivity contribution in [3.63, 3.8) is 0 Å². The van der Waals surface area contributed by atoms with Crippen LogP contribution in [0.1, 0.15) is 6.42 Å². The van der Waals surface area contributed by atoms with Gasteiger partial charge in [-0.05, 0) is 18.2 Å². The van der Waals surface area contributed by atoms with E-state index < -0.39 is 0 Å². The Morgan fingerprint density at radius 1 is 1.06 bits per heavy atom. The van der Waals surface area contributed by atoms with Crippen LogP contribution in [0.5, 0.6) is 0 Å². The number of allylic oxidation sites excluding steroid dienone is 5. The number of hydrogen-bond acceptors (Lipinski definition) is 7. The molecule has 1 aromatic carbocycles. The fraction of sp³-hybridized carbons (Fsp3) is 0.292. The molecule has 1 saturated heterocycles. The van der Waals surface area contributed by atoms with E-state index in [0.717, 1.165) is 45.1 Å². The first-order valence-electron chi connectivity index (χ1n) is 11.1. The quantitative estimate of drug-likeness (QED) is 0.572. The summed E-state index contributed by atoms with van der Waals surface area (Å²) < 4.78 is 21.9. The molecule has 0 radical (unpaired) electrons. The highest BCUT2D eigenvalue weighted by atomic mass is 19.1. The molecule has 33 heavy (non-hydrogen) atoms. The molecule has 8 nitrogen and oxygen atoms in total. The molecule has 5 rings (SSSR count). The zero-order chi connectivity index (χ0) is 22.5. The minimum absolute atomic E-state index is 0.234. The lowest BCUT2D eigenvalue weighted by Crippen LogP contribution is -2.39. The van der Waals surface area contributed by atoms with Crippen LogP contribution in [0.3, 0.4) is 0 Å². The van der Waals surface area contributed by atoms with Crippen LogP contribution in [0.2, 0.25) is 0 Å². The van der Waals surface area contributed by atoms with Gasteiger partial charge in [0.2, 0.25) is 11.9 Å². The van der Waals surface area contributed by atoms with Gasteiger partial charge in [0.25, 0.3) is 0 Å². The van der Waals surface area contributed by atoms with Gasteiger partial charge in [-0.2, -0.15) is 4.98 Å². The first-order chi connectivity index (χ1) is 16.3. The normalized spacial score (nSPS) is 16.9. The van der Waals surface area contributed by atoms with Crippen LogP contribution in [0, 0.1) is 0 Å². The number of para-hydroxylation sites is 1. The Hall–Kier alpha value is -3.56. The van der Waals surface area contributed by atoms with Gasteiger partial charge in [0.15, 0.2) is 5.65 Å². The number of imidazole rings is 1. The zero-order valence-electron chi connectivity index (χ0n) is 18.2. The Morgan fingerprint density at radius 3 is 2.76 bits per heavy atom. The molecule has 1 aliphatic heterocycles. The third-order valence-electron chi connectivity index (χ3n) is 5.58. The molecular weight excluding hydrogens is 421 g/mol. The van der Waals surface area contributed by atoms with E-state index in [-0.39, 0.29) is 12.2 Å². The first kappa shape index (κ1) is 21.3. The molecule has 170 valence electrons. The fourth-order valence-electron chi connectivity index (χ4n) is 3.85. The first-order valence-corrected chi connectivity index (χ1v) is 11.1. The largest absolute Gasteiger partial charge is 0.379 e. The van der Waals surface area contributed by atoms with Crippen LogP contribution in [0.25, 0.3) is 16.9 Å². The van der Waals surface area contributed by atoms with Gasteiger partial charge in [-0.15, -0.1) is 0 Å². The molecule has 0 atom stereocenters. The number of anilines is 2. The van der Waals surface area contributed by atoms with E-state index in [9.17, 15) is 4.39 Å². The van der Waals surface area contributed by atoms with Crippen LogP contribution in [-0.2, 0) is 4.74 Å². The molecule has 0 bridgehead atoms. The molecular formula is C24H26FN7O. The van der Waals surface area contributed by atoms with Crippen molar-refractivity contribution >= 4 is 23.1 Å². The molecule has 1 aliphatic carbocycles. The van der Waals surface area contributed by atoms with E-state index in [1.54, 1.807) is 24.4 Å². The van der Waals surface area contributed by atoms with E-state index >= 15 is 0 Å². The number of morpholine rings is 1. The minimum Gasteiger partial charge on any atom is -0.379 e. The molecule has 9 heteroatoms. The lowest BCUT2D eigenvalue weighted by Gasteiger charge is -2.26. The fourth-order valence-corrected chi connectivity index (χ4v) is 3.85. The summed E-state index contributed by atoms with van der Waals surface area (Å²) in [6, 6.07) is 9.78. The summed E-state index contributed by atoms with van der Waals surface area (Å²) in [6.07, 6.45) is 9.05. The number of halogens is 1. The summed E-state index contributed by atoms with van der Waals surface area (Å²) in [6.45, 7) is 5.05. The number of aromatic nitrogens is 4. The molecule has 2 aliphatic rings. The molecule has 2 aromatic heterocycles. The van der Waals surface area contributed by atoms with Crippen LogP contribution in [-0.4, -0.2) is 63.8 Å². The summed E-state index contributed by atoms with van der Waals surface area (Å²) in [5.41, 5.74) is 2.52. The minimum atomic E-state index is -0.247. The van der Waals surface area contributed by atoms with Gasteiger partial charge in [-0.25, -0.2) is 14.4 Å². The second kappa shape index (κ2) is 9.93. The monoisotopic (exact) mass is 447 g/mol. The molecule has 0 unspecified atom stereocenters. The third-order valence-corrected chi connectivity index (χ3v) is 5.58. The number of benzene rings is 1.